The minimum atomic E-state index is 0.472. The van der Waals surface area contributed by atoms with Crippen molar-refractivity contribution in [3.05, 3.63) is 83.9 Å². The van der Waals surface area contributed by atoms with Crippen LogP contribution in [0.1, 0.15) is 30.4 Å². The van der Waals surface area contributed by atoms with Crippen LogP contribution in [0.5, 0.6) is 0 Å². The molecule has 0 saturated carbocycles. The summed E-state index contributed by atoms with van der Waals surface area (Å²) < 4.78 is 0. The van der Waals surface area contributed by atoms with E-state index in [9.17, 15) is 0 Å². The van der Waals surface area contributed by atoms with Gasteiger partial charge in [0.15, 0.2) is 0 Å². The molecule has 1 aliphatic heterocycles. The first-order valence-electron chi connectivity index (χ1n) is 8.13. The molecular formula is C21H23N. The summed E-state index contributed by atoms with van der Waals surface area (Å²) in [5.41, 5.74) is 2.54. The second kappa shape index (κ2) is 7.77. The lowest BCUT2D eigenvalue weighted by atomic mass is 9.97. The summed E-state index contributed by atoms with van der Waals surface area (Å²) >= 11 is 0. The monoisotopic (exact) mass is 289 g/mol. The molecule has 2 atom stereocenters. The Morgan fingerprint density at radius 3 is 1.59 bits per heavy atom. The fourth-order valence-electron chi connectivity index (χ4n) is 2.89. The fourth-order valence-corrected chi connectivity index (χ4v) is 2.89. The third-order valence-corrected chi connectivity index (χ3v) is 4.10. The van der Waals surface area contributed by atoms with Crippen LogP contribution >= 0.6 is 0 Å². The van der Waals surface area contributed by atoms with Gasteiger partial charge in [0, 0.05) is 12.1 Å². The van der Waals surface area contributed by atoms with Crippen LogP contribution in [0.2, 0.25) is 0 Å². The molecule has 1 aliphatic rings. The number of nitrogens with one attached hydrogen (secondary N) is 1. The van der Waals surface area contributed by atoms with Crippen LogP contribution in [0.3, 0.4) is 0 Å². The van der Waals surface area contributed by atoms with Gasteiger partial charge < -0.3 is 5.32 Å². The zero-order chi connectivity index (χ0) is 15.0. The van der Waals surface area contributed by atoms with E-state index in [0.717, 1.165) is 0 Å². The zero-order valence-corrected chi connectivity index (χ0v) is 12.9. The smallest absolute Gasteiger partial charge is 0.0258 e. The van der Waals surface area contributed by atoms with Crippen LogP contribution in [0.15, 0.2) is 72.8 Å². The summed E-state index contributed by atoms with van der Waals surface area (Å²) in [4.78, 5) is 0. The Morgan fingerprint density at radius 1 is 0.682 bits per heavy atom. The molecule has 0 aromatic heterocycles. The molecule has 0 bridgehead atoms. The molecule has 1 saturated heterocycles. The minimum absolute atomic E-state index is 0.472. The Morgan fingerprint density at radius 2 is 1.14 bits per heavy atom. The Balaban J connectivity index is 1.57. The molecule has 1 N–H and O–H groups in total. The van der Waals surface area contributed by atoms with Gasteiger partial charge in [-0.1, -0.05) is 85.0 Å². The number of hydrogen-bond acceptors (Lipinski definition) is 1. The molecule has 1 nitrogen and oxygen atoms in total. The third kappa shape index (κ3) is 4.44. The van der Waals surface area contributed by atoms with E-state index in [0.29, 0.717) is 12.1 Å². The normalized spacial score (nSPS) is 22.4. The van der Waals surface area contributed by atoms with Crippen molar-refractivity contribution >= 4 is 12.2 Å². The molecule has 2 aromatic rings. The van der Waals surface area contributed by atoms with E-state index in [-0.39, 0.29) is 0 Å². The van der Waals surface area contributed by atoms with Gasteiger partial charge in [-0.25, -0.2) is 0 Å². The maximum atomic E-state index is 3.72. The quantitative estimate of drug-likeness (QED) is 0.842. The number of benzene rings is 2. The van der Waals surface area contributed by atoms with E-state index in [4.69, 9.17) is 0 Å². The Kier molecular flexibility index (Phi) is 5.22. The van der Waals surface area contributed by atoms with Gasteiger partial charge in [-0.2, -0.15) is 0 Å². The van der Waals surface area contributed by atoms with Crippen LogP contribution in [-0.2, 0) is 0 Å². The van der Waals surface area contributed by atoms with Crippen molar-refractivity contribution in [2.75, 3.05) is 0 Å². The molecule has 1 fully saturated rings. The highest BCUT2D eigenvalue weighted by Gasteiger charge is 2.16. The fraction of sp³-hybridized carbons (Fsp3) is 0.238. The first kappa shape index (κ1) is 14.8. The molecule has 0 amide bonds. The van der Waals surface area contributed by atoms with E-state index >= 15 is 0 Å². The number of hydrogen-bond donors (Lipinski definition) is 1. The first-order chi connectivity index (χ1) is 10.9. The highest BCUT2D eigenvalue weighted by Crippen LogP contribution is 2.16. The van der Waals surface area contributed by atoms with Crippen molar-refractivity contribution < 1.29 is 0 Å². The van der Waals surface area contributed by atoms with E-state index in [1.807, 2.05) is 0 Å². The highest BCUT2D eigenvalue weighted by atomic mass is 15.0. The molecule has 0 aliphatic carbocycles. The first-order valence-corrected chi connectivity index (χ1v) is 8.13. The average Bonchev–Trinajstić information content (AvgIpc) is 2.60. The summed E-state index contributed by atoms with van der Waals surface area (Å²) in [5, 5.41) is 3.72. The van der Waals surface area contributed by atoms with Crippen LogP contribution < -0.4 is 5.32 Å². The maximum Gasteiger partial charge on any atom is 0.0258 e. The molecule has 1 heteroatoms. The van der Waals surface area contributed by atoms with Crippen molar-refractivity contribution in [1.82, 2.24) is 5.32 Å². The van der Waals surface area contributed by atoms with Crippen molar-refractivity contribution in [2.45, 2.75) is 31.3 Å². The van der Waals surface area contributed by atoms with Crippen molar-refractivity contribution in [3.8, 4) is 0 Å². The van der Waals surface area contributed by atoms with Gasteiger partial charge in [0.1, 0.15) is 0 Å². The maximum absolute atomic E-state index is 3.72. The number of rotatable bonds is 4. The Labute approximate surface area is 133 Å². The lowest BCUT2D eigenvalue weighted by molar-refractivity contribution is 0.401. The van der Waals surface area contributed by atoms with Crippen molar-refractivity contribution in [1.29, 1.82) is 0 Å². The van der Waals surface area contributed by atoms with Gasteiger partial charge >= 0.3 is 0 Å². The number of piperidine rings is 1. The molecule has 2 aromatic carbocycles. The average molecular weight is 289 g/mol. The van der Waals surface area contributed by atoms with Crippen LogP contribution in [0, 0.1) is 0 Å². The molecule has 112 valence electrons. The largest absolute Gasteiger partial charge is 0.304 e. The van der Waals surface area contributed by atoms with Gasteiger partial charge in [-0.05, 0) is 30.4 Å². The summed E-state index contributed by atoms with van der Waals surface area (Å²) in [7, 11) is 0. The zero-order valence-electron chi connectivity index (χ0n) is 12.9. The Hall–Kier alpha value is -2.12. The molecule has 0 spiro atoms. The third-order valence-electron chi connectivity index (χ3n) is 4.10. The summed E-state index contributed by atoms with van der Waals surface area (Å²) in [5.74, 6) is 0. The van der Waals surface area contributed by atoms with E-state index in [1.54, 1.807) is 0 Å². The van der Waals surface area contributed by atoms with Gasteiger partial charge in [-0.3, -0.25) is 0 Å². The second-order valence-electron chi connectivity index (χ2n) is 5.85. The van der Waals surface area contributed by atoms with Crippen LogP contribution in [0.4, 0.5) is 0 Å². The Bertz CT molecular complexity index is 557. The molecular weight excluding hydrogens is 266 g/mol. The van der Waals surface area contributed by atoms with Crippen molar-refractivity contribution in [3.63, 3.8) is 0 Å². The topological polar surface area (TPSA) is 12.0 Å². The van der Waals surface area contributed by atoms with Crippen molar-refractivity contribution in [2.24, 2.45) is 0 Å². The predicted octanol–water partition coefficient (Wildman–Crippen LogP) is 4.92. The lowest BCUT2D eigenvalue weighted by Crippen LogP contribution is -2.39. The van der Waals surface area contributed by atoms with Crippen LogP contribution in [0.25, 0.3) is 12.2 Å². The van der Waals surface area contributed by atoms with Gasteiger partial charge in [-0.15, -0.1) is 0 Å². The molecule has 1 heterocycles. The van der Waals surface area contributed by atoms with E-state index < -0.39 is 0 Å². The predicted molar refractivity (Wildman–Crippen MR) is 95.5 cm³/mol. The summed E-state index contributed by atoms with van der Waals surface area (Å²) in [6.07, 6.45) is 12.8. The van der Waals surface area contributed by atoms with E-state index in [1.165, 1.54) is 30.4 Å². The molecule has 22 heavy (non-hydrogen) atoms. The van der Waals surface area contributed by atoms with Crippen LogP contribution in [-0.4, -0.2) is 12.1 Å². The van der Waals surface area contributed by atoms with E-state index in [2.05, 4.69) is 90.3 Å². The SMILES string of the molecule is C(=C\[C@@H]1CCC[C@@H](/C=C/c2ccccc2)N1)/c1ccccc1. The minimum Gasteiger partial charge on any atom is -0.304 e. The van der Waals surface area contributed by atoms with Gasteiger partial charge in [0.25, 0.3) is 0 Å². The van der Waals surface area contributed by atoms with Gasteiger partial charge in [0.2, 0.25) is 0 Å². The molecule has 3 rings (SSSR count). The van der Waals surface area contributed by atoms with Gasteiger partial charge in [0.05, 0.1) is 0 Å². The second-order valence-corrected chi connectivity index (χ2v) is 5.85. The highest BCUT2D eigenvalue weighted by molar-refractivity contribution is 5.51. The summed E-state index contributed by atoms with van der Waals surface area (Å²) in [6.45, 7) is 0. The molecule has 0 radical (unpaired) electrons. The standard InChI is InChI=1S/C21H23N/c1-3-8-18(9-4-1)14-16-20-12-7-13-21(22-20)17-15-19-10-5-2-6-11-19/h1-6,8-11,14-17,20-22H,7,12-13H2/b16-14+,17-15+/t20-,21-/m0/s1. The molecule has 0 unspecified atom stereocenters. The summed E-state index contributed by atoms with van der Waals surface area (Å²) in [6, 6.07) is 22.0. The lowest BCUT2D eigenvalue weighted by Gasteiger charge is -2.27.